The molecule has 140 valence electrons. The minimum atomic E-state index is 0.215. The number of carbonyl (C=O) groups is 1. The molecule has 27 heavy (non-hydrogen) atoms. The van der Waals surface area contributed by atoms with E-state index in [0.717, 1.165) is 46.8 Å². The Labute approximate surface area is 171 Å². The first-order valence-corrected chi connectivity index (χ1v) is 10.9. The van der Waals surface area contributed by atoms with Crippen LogP contribution in [0.5, 0.6) is 0 Å². The van der Waals surface area contributed by atoms with Crippen molar-refractivity contribution in [2.75, 3.05) is 18.8 Å². The number of pyridine rings is 1. The summed E-state index contributed by atoms with van der Waals surface area (Å²) in [6.45, 7) is 3.64. The fourth-order valence-corrected chi connectivity index (χ4v) is 4.92. The Morgan fingerprint density at radius 1 is 1.22 bits per heavy atom. The number of amides is 1. The highest BCUT2D eigenvalue weighted by molar-refractivity contribution is 9.10. The lowest BCUT2D eigenvalue weighted by Gasteiger charge is -2.31. The van der Waals surface area contributed by atoms with Crippen molar-refractivity contribution in [3.63, 3.8) is 0 Å². The standard InChI is InChI=1S/C20H21BrN4OS/c1-14-12-16(21)5-6-17(14)27-13-19(26)24-10-7-15(8-11-24)20-23-22-18-4-2-3-9-25(18)20/h2-6,9,12,15H,7-8,10-11,13H2,1H3. The van der Waals surface area contributed by atoms with E-state index in [2.05, 4.69) is 49.6 Å². The average molecular weight is 445 g/mol. The predicted molar refractivity (Wildman–Crippen MR) is 111 cm³/mol. The molecule has 7 heteroatoms. The maximum Gasteiger partial charge on any atom is 0.232 e. The number of likely N-dealkylation sites (tertiary alicyclic amines) is 1. The molecule has 3 aromatic rings. The lowest BCUT2D eigenvalue weighted by Crippen LogP contribution is -2.39. The average Bonchev–Trinajstić information content (AvgIpc) is 3.11. The quantitative estimate of drug-likeness (QED) is 0.562. The second-order valence-corrected chi connectivity index (χ2v) is 8.77. The van der Waals surface area contributed by atoms with Gasteiger partial charge in [-0.2, -0.15) is 0 Å². The van der Waals surface area contributed by atoms with Crippen molar-refractivity contribution < 1.29 is 4.79 Å². The first kappa shape index (κ1) is 18.5. The van der Waals surface area contributed by atoms with Gasteiger partial charge in [-0.15, -0.1) is 22.0 Å². The molecule has 1 aliphatic rings. The predicted octanol–water partition coefficient (Wildman–Crippen LogP) is 4.30. The highest BCUT2D eigenvalue weighted by Crippen LogP contribution is 2.29. The number of benzene rings is 1. The molecule has 0 atom stereocenters. The molecular weight excluding hydrogens is 424 g/mol. The first-order chi connectivity index (χ1) is 13.1. The van der Waals surface area contributed by atoms with Crippen molar-refractivity contribution in [1.82, 2.24) is 19.5 Å². The summed E-state index contributed by atoms with van der Waals surface area (Å²) in [5.41, 5.74) is 2.08. The molecule has 0 spiro atoms. The zero-order chi connectivity index (χ0) is 18.8. The molecular formula is C20H21BrN4OS. The molecule has 1 saturated heterocycles. The molecule has 2 aromatic heterocycles. The second kappa shape index (κ2) is 8.02. The van der Waals surface area contributed by atoms with Gasteiger partial charge in [0.05, 0.1) is 5.75 Å². The summed E-state index contributed by atoms with van der Waals surface area (Å²) in [6, 6.07) is 12.1. The molecule has 1 amide bonds. The van der Waals surface area contributed by atoms with Gasteiger partial charge in [0.25, 0.3) is 0 Å². The van der Waals surface area contributed by atoms with Crippen LogP contribution in [0.4, 0.5) is 0 Å². The van der Waals surface area contributed by atoms with Crippen LogP contribution in [0.15, 0.2) is 52.0 Å². The number of hydrogen-bond donors (Lipinski definition) is 0. The van der Waals surface area contributed by atoms with Gasteiger partial charge in [0.2, 0.25) is 5.91 Å². The van der Waals surface area contributed by atoms with Crippen LogP contribution in [0, 0.1) is 6.92 Å². The van der Waals surface area contributed by atoms with E-state index in [1.165, 1.54) is 5.56 Å². The molecule has 0 saturated carbocycles. The van der Waals surface area contributed by atoms with Crippen molar-refractivity contribution in [3.05, 3.63) is 58.5 Å². The highest BCUT2D eigenvalue weighted by atomic mass is 79.9. The van der Waals surface area contributed by atoms with E-state index in [9.17, 15) is 4.79 Å². The van der Waals surface area contributed by atoms with E-state index in [0.29, 0.717) is 11.7 Å². The topological polar surface area (TPSA) is 50.5 Å². The Morgan fingerprint density at radius 2 is 2.04 bits per heavy atom. The molecule has 0 radical (unpaired) electrons. The molecule has 5 nitrogen and oxygen atoms in total. The van der Waals surface area contributed by atoms with E-state index in [1.807, 2.05) is 35.4 Å². The molecule has 4 rings (SSSR count). The number of carbonyl (C=O) groups excluding carboxylic acids is 1. The number of nitrogens with zero attached hydrogens (tertiary/aromatic N) is 4. The number of thioether (sulfide) groups is 1. The zero-order valence-corrected chi connectivity index (χ0v) is 17.5. The fourth-order valence-electron chi connectivity index (χ4n) is 3.53. The second-order valence-electron chi connectivity index (χ2n) is 6.84. The summed E-state index contributed by atoms with van der Waals surface area (Å²) >= 11 is 5.10. The molecule has 0 aliphatic carbocycles. The van der Waals surface area contributed by atoms with Crippen molar-refractivity contribution in [3.8, 4) is 0 Å². The Bertz CT molecular complexity index is 966. The van der Waals surface area contributed by atoms with Crippen molar-refractivity contribution in [1.29, 1.82) is 0 Å². The van der Waals surface area contributed by atoms with Crippen LogP contribution in [0.3, 0.4) is 0 Å². The largest absolute Gasteiger partial charge is 0.342 e. The van der Waals surface area contributed by atoms with Crippen LogP contribution >= 0.6 is 27.7 Å². The number of rotatable bonds is 4. The SMILES string of the molecule is Cc1cc(Br)ccc1SCC(=O)N1CCC(c2nnc3ccccn23)CC1. The minimum absolute atomic E-state index is 0.215. The lowest BCUT2D eigenvalue weighted by atomic mass is 9.96. The normalized spacial score (nSPS) is 15.4. The summed E-state index contributed by atoms with van der Waals surface area (Å²) in [6.07, 6.45) is 3.88. The molecule has 1 fully saturated rings. The summed E-state index contributed by atoms with van der Waals surface area (Å²) in [5, 5.41) is 8.63. The van der Waals surface area contributed by atoms with E-state index in [1.54, 1.807) is 11.8 Å². The summed E-state index contributed by atoms with van der Waals surface area (Å²) in [5.74, 6) is 2.07. The minimum Gasteiger partial charge on any atom is -0.342 e. The summed E-state index contributed by atoms with van der Waals surface area (Å²) < 4.78 is 3.13. The third-order valence-corrected chi connectivity index (χ3v) is 6.69. The van der Waals surface area contributed by atoms with Gasteiger partial charge >= 0.3 is 0 Å². The Morgan fingerprint density at radius 3 is 2.81 bits per heavy atom. The third-order valence-electron chi connectivity index (χ3n) is 5.04. The molecule has 1 aromatic carbocycles. The number of fused-ring (bicyclic) bond motifs is 1. The molecule has 0 unspecified atom stereocenters. The van der Waals surface area contributed by atoms with Crippen LogP contribution in [-0.2, 0) is 4.79 Å². The number of piperidine rings is 1. The lowest BCUT2D eigenvalue weighted by molar-refractivity contribution is -0.129. The molecule has 3 heterocycles. The van der Waals surface area contributed by atoms with Crippen LogP contribution in [-0.4, -0.2) is 44.2 Å². The highest BCUT2D eigenvalue weighted by Gasteiger charge is 2.26. The maximum atomic E-state index is 12.6. The van der Waals surface area contributed by atoms with E-state index >= 15 is 0 Å². The van der Waals surface area contributed by atoms with Crippen molar-refractivity contribution in [2.24, 2.45) is 0 Å². The number of hydrogen-bond acceptors (Lipinski definition) is 4. The Balaban J connectivity index is 1.34. The fraction of sp³-hybridized carbons (Fsp3) is 0.350. The van der Waals surface area contributed by atoms with Gasteiger partial charge in [0.1, 0.15) is 5.82 Å². The van der Waals surface area contributed by atoms with Crippen LogP contribution in [0.2, 0.25) is 0 Å². The Kier molecular flexibility index (Phi) is 5.50. The van der Waals surface area contributed by atoms with E-state index in [4.69, 9.17) is 0 Å². The van der Waals surface area contributed by atoms with Crippen molar-refractivity contribution in [2.45, 2.75) is 30.6 Å². The van der Waals surface area contributed by atoms with Crippen LogP contribution in [0.25, 0.3) is 5.65 Å². The van der Waals surface area contributed by atoms with Crippen molar-refractivity contribution >= 4 is 39.2 Å². The first-order valence-electron chi connectivity index (χ1n) is 9.08. The number of aromatic nitrogens is 3. The monoisotopic (exact) mass is 444 g/mol. The number of aryl methyl sites for hydroxylation is 1. The van der Waals surface area contributed by atoms with Gasteiger partial charge < -0.3 is 4.90 Å². The summed E-state index contributed by atoms with van der Waals surface area (Å²) in [4.78, 5) is 15.8. The van der Waals surface area contributed by atoms with Gasteiger partial charge in [-0.3, -0.25) is 9.20 Å². The van der Waals surface area contributed by atoms with Gasteiger partial charge in [0.15, 0.2) is 5.65 Å². The van der Waals surface area contributed by atoms with Gasteiger partial charge in [-0.25, -0.2) is 0 Å². The third kappa shape index (κ3) is 4.04. The molecule has 1 aliphatic heterocycles. The zero-order valence-electron chi connectivity index (χ0n) is 15.1. The Hall–Kier alpha value is -1.86. The van der Waals surface area contributed by atoms with E-state index < -0.39 is 0 Å². The number of halogens is 1. The maximum absolute atomic E-state index is 12.6. The molecule has 0 bridgehead atoms. The van der Waals surface area contributed by atoms with Crippen LogP contribution in [0.1, 0.15) is 30.1 Å². The van der Waals surface area contributed by atoms with E-state index in [-0.39, 0.29) is 5.91 Å². The smallest absolute Gasteiger partial charge is 0.232 e. The van der Waals surface area contributed by atoms with Crippen LogP contribution < -0.4 is 0 Å². The van der Waals surface area contributed by atoms with Gasteiger partial charge in [-0.05, 0) is 55.7 Å². The molecule has 0 N–H and O–H groups in total. The van der Waals surface area contributed by atoms with Gasteiger partial charge in [0, 0.05) is 34.6 Å². The summed E-state index contributed by atoms with van der Waals surface area (Å²) in [7, 11) is 0. The van der Waals surface area contributed by atoms with Gasteiger partial charge in [-0.1, -0.05) is 22.0 Å².